The molecule has 0 fully saturated rings. The number of hydrogen-bond donors (Lipinski definition) is 0. The number of nitrogens with zero attached hydrogens (tertiary/aromatic N) is 4. The fraction of sp³-hybridized carbons (Fsp3) is 0.238. The molecule has 0 amide bonds. The number of para-hydroxylation sites is 1. The Morgan fingerprint density at radius 1 is 0.745 bits per heavy atom. The van der Waals surface area contributed by atoms with Gasteiger partial charge in [-0.2, -0.15) is 5.10 Å². The lowest BCUT2D eigenvalue weighted by atomic mass is 9.89. The first-order valence-corrected chi connectivity index (χ1v) is 16.7. The van der Waals surface area contributed by atoms with Gasteiger partial charge in [-0.15, -0.1) is 0 Å². The lowest BCUT2D eigenvalue weighted by Crippen LogP contribution is -1.99. The number of fused-ring (bicyclic) bond motifs is 3. The highest BCUT2D eigenvalue weighted by Crippen LogP contribution is 2.36. The highest BCUT2D eigenvalue weighted by molar-refractivity contribution is 6.09. The minimum absolute atomic E-state index is 0.412. The fourth-order valence-corrected chi connectivity index (χ4v) is 6.93. The Labute approximate surface area is 277 Å². The van der Waals surface area contributed by atoms with Crippen LogP contribution in [-0.4, -0.2) is 19.3 Å². The number of hydrogen-bond acceptors (Lipinski definition) is 3. The molecule has 0 aliphatic rings. The van der Waals surface area contributed by atoms with Gasteiger partial charge in [0.25, 0.3) is 0 Å². The maximum atomic E-state index is 6.51. The van der Waals surface area contributed by atoms with E-state index in [0.717, 1.165) is 39.6 Å². The topological polar surface area (TPSA) is 44.9 Å². The first-order chi connectivity index (χ1) is 22.8. The molecule has 3 heterocycles. The van der Waals surface area contributed by atoms with Crippen molar-refractivity contribution in [2.24, 2.45) is 0 Å². The summed E-state index contributed by atoms with van der Waals surface area (Å²) < 4.78 is 10.7. The molecule has 7 rings (SSSR count). The third-order valence-electron chi connectivity index (χ3n) is 9.35. The summed E-state index contributed by atoms with van der Waals surface area (Å²) in [5.41, 5.74) is 10.8. The van der Waals surface area contributed by atoms with Crippen molar-refractivity contribution in [2.45, 2.75) is 66.2 Å². The van der Waals surface area contributed by atoms with Gasteiger partial charge >= 0.3 is 0 Å². The molecule has 0 spiro atoms. The minimum atomic E-state index is 0.412. The van der Waals surface area contributed by atoms with Crippen LogP contribution in [0.1, 0.15) is 74.6 Å². The van der Waals surface area contributed by atoms with Gasteiger partial charge in [0, 0.05) is 40.9 Å². The van der Waals surface area contributed by atoms with Gasteiger partial charge in [0.15, 0.2) is 0 Å². The normalized spacial score (nSPS) is 12.3. The Balaban J connectivity index is 1.21. The van der Waals surface area contributed by atoms with E-state index >= 15 is 0 Å². The lowest BCUT2D eigenvalue weighted by Gasteiger charge is -2.16. The maximum Gasteiger partial charge on any atom is 0.137 e. The van der Waals surface area contributed by atoms with E-state index < -0.39 is 0 Å². The van der Waals surface area contributed by atoms with Gasteiger partial charge in [0.1, 0.15) is 17.3 Å². The lowest BCUT2D eigenvalue weighted by molar-refractivity contribution is 0.483. The molecule has 1 atom stereocenters. The summed E-state index contributed by atoms with van der Waals surface area (Å²) in [6.45, 7) is 13.4. The van der Waals surface area contributed by atoms with Crippen LogP contribution in [0.5, 0.6) is 11.5 Å². The molecule has 0 N–H and O–H groups in total. The third-order valence-corrected chi connectivity index (χ3v) is 9.35. The van der Waals surface area contributed by atoms with E-state index in [0.29, 0.717) is 11.8 Å². The largest absolute Gasteiger partial charge is 0.457 e. The molecule has 0 bridgehead atoms. The second-order valence-electron chi connectivity index (χ2n) is 13.1. The highest BCUT2D eigenvalue weighted by atomic mass is 16.5. The molecule has 0 radical (unpaired) electrons. The van der Waals surface area contributed by atoms with Gasteiger partial charge in [-0.3, -0.25) is 4.57 Å². The van der Waals surface area contributed by atoms with Crippen LogP contribution >= 0.6 is 0 Å². The summed E-state index contributed by atoms with van der Waals surface area (Å²) in [4.78, 5) is 4.79. The van der Waals surface area contributed by atoms with Crippen LogP contribution in [0.4, 0.5) is 0 Å². The SMILES string of the molecule is CCCC(C)c1cc(C)c(-c2cnn(-c3cccc(Oc4ccc5c6ccccc6n(-c6cc(C(C)C)ccn6)c5c4)c3)c2)c(C)c1. The summed E-state index contributed by atoms with van der Waals surface area (Å²) in [7, 11) is 0. The molecule has 5 nitrogen and oxygen atoms in total. The van der Waals surface area contributed by atoms with Gasteiger partial charge < -0.3 is 4.74 Å². The summed E-state index contributed by atoms with van der Waals surface area (Å²) >= 11 is 0. The van der Waals surface area contributed by atoms with Crippen LogP contribution in [0.15, 0.2) is 110 Å². The zero-order chi connectivity index (χ0) is 32.7. The fourth-order valence-electron chi connectivity index (χ4n) is 6.93. The average Bonchev–Trinajstić information content (AvgIpc) is 3.68. The predicted octanol–water partition coefficient (Wildman–Crippen LogP) is 11.5. The molecule has 0 aliphatic heterocycles. The van der Waals surface area contributed by atoms with Gasteiger partial charge in [-0.05, 0) is 102 Å². The second-order valence-corrected chi connectivity index (χ2v) is 13.1. The van der Waals surface area contributed by atoms with Crippen LogP contribution in [0.3, 0.4) is 0 Å². The van der Waals surface area contributed by atoms with Crippen molar-refractivity contribution in [1.29, 1.82) is 0 Å². The van der Waals surface area contributed by atoms with Crippen molar-refractivity contribution in [3.63, 3.8) is 0 Å². The number of pyridine rings is 1. The second kappa shape index (κ2) is 12.6. The molecular weight excluding hydrogens is 576 g/mol. The Bertz CT molecular complexity index is 2200. The van der Waals surface area contributed by atoms with Crippen molar-refractivity contribution in [3.8, 4) is 34.1 Å². The van der Waals surface area contributed by atoms with Crippen LogP contribution in [0, 0.1) is 13.8 Å². The number of aryl methyl sites for hydroxylation is 2. The quantitative estimate of drug-likeness (QED) is 0.162. The number of benzene rings is 4. The van der Waals surface area contributed by atoms with Crippen LogP contribution in [-0.2, 0) is 0 Å². The Kier molecular flexibility index (Phi) is 8.15. The van der Waals surface area contributed by atoms with Crippen molar-refractivity contribution in [1.82, 2.24) is 19.3 Å². The van der Waals surface area contributed by atoms with Gasteiger partial charge in [-0.1, -0.05) is 70.5 Å². The third kappa shape index (κ3) is 5.83. The average molecular weight is 619 g/mol. The van der Waals surface area contributed by atoms with Crippen LogP contribution < -0.4 is 4.74 Å². The van der Waals surface area contributed by atoms with Crippen molar-refractivity contribution >= 4 is 21.8 Å². The molecule has 5 heteroatoms. The van der Waals surface area contributed by atoms with Gasteiger partial charge in [0.05, 0.1) is 22.9 Å². The molecule has 236 valence electrons. The zero-order valence-corrected chi connectivity index (χ0v) is 28.2. The minimum Gasteiger partial charge on any atom is -0.457 e. The zero-order valence-electron chi connectivity index (χ0n) is 28.2. The van der Waals surface area contributed by atoms with E-state index in [9.17, 15) is 0 Å². The summed E-state index contributed by atoms with van der Waals surface area (Å²) in [6, 6.07) is 31.9. The van der Waals surface area contributed by atoms with E-state index in [-0.39, 0.29) is 0 Å². The van der Waals surface area contributed by atoms with Crippen molar-refractivity contribution in [3.05, 3.63) is 132 Å². The van der Waals surface area contributed by atoms with E-state index in [1.54, 1.807) is 0 Å². The van der Waals surface area contributed by atoms with E-state index in [1.807, 2.05) is 41.3 Å². The number of ether oxygens (including phenoxy) is 1. The summed E-state index contributed by atoms with van der Waals surface area (Å²) in [6.07, 6.45) is 8.39. The van der Waals surface area contributed by atoms with Crippen LogP contribution in [0.25, 0.3) is 44.4 Å². The molecule has 4 aromatic carbocycles. The summed E-state index contributed by atoms with van der Waals surface area (Å²) in [5.74, 6) is 3.40. The first kappa shape index (κ1) is 30.5. The maximum absolute atomic E-state index is 6.51. The standard InChI is InChI=1S/C42H42N4O/c1-7-11-28(4)32-20-29(5)42(30(6)21-32)33-25-44-45(26-33)34-12-10-13-35(23-34)47-36-16-17-38-37-14-8-9-15-39(37)46(40(38)24-36)41-22-31(27(2)3)18-19-43-41/h8-10,12-28H,7,11H2,1-6H3. The van der Waals surface area contributed by atoms with E-state index in [1.165, 1.54) is 51.4 Å². The molecule has 0 aliphatic carbocycles. The molecule has 0 saturated carbocycles. The first-order valence-electron chi connectivity index (χ1n) is 16.7. The van der Waals surface area contributed by atoms with E-state index in [4.69, 9.17) is 14.8 Å². The van der Waals surface area contributed by atoms with E-state index in [2.05, 4.69) is 119 Å². The van der Waals surface area contributed by atoms with Crippen molar-refractivity contribution in [2.75, 3.05) is 0 Å². The van der Waals surface area contributed by atoms with Gasteiger partial charge in [-0.25, -0.2) is 9.67 Å². The van der Waals surface area contributed by atoms with Crippen molar-refractivity contribution < 1.29 is 4.74 Å². The molecule has 47 heavy (non-hydrogen) atoms. The highest BCUT2D eigenvalue weighted by Gasteiger charge is 2.16. The smallest absolute Gasteiger partial charge is 0.137 e. The van der Waals surface area contributed by atoms with Crippen LogP contribution in [0.2, 0.25) is 0 Å². The number of rotatable bonds is 9. The Morgan fingerprint density at radius 3 is 2.30 bits per heavy atom. The number of aromatic nitrogens is 4. The predicted molar refractivity (Wildman–Crippen MR) is 195 cm³/mol. The molecule has 7 aromatic rings. The summed E-state index contributed by atoms with van der Waals surface area (Å²) in [5, 5.41) is 7.12. The molecule has 1 unspecified atom stereocenters. The Morgan fingerprint density at radius 2 is 1.51 bits per heavy atom. The molecule has 3 aromatic heterocycles. The monoisotopic (exact) mass is 618 g/mol. The molecule has 0 saturated heterocycles. The Hall–Kier alpha value is -5.16. The van der Waals surface area contributed by atoms with Gasteiger partial charge in [0.2, 0.25) is 0 Å². The molecular formula is C42H42N4O.